The normalized spacial score (nSPS) is 16.3. The number of halogens is 1. The van der Waals surface area contributed by atoms with Crippen LogP contribution in [0.4, 0.5) is 4.39 Å². The molecule has 0 heterocycles. The Labute approximate surface area is 136 Å². The zero-order valence-corrected chi connectivity index (χ0v) is 13.6. The topological polar surface area (TPSA) is 61.4 Å². The maximum atomic E-state index is 13.0. The molecule has 2 amide bonds. The molecular formula is C17H24FN3O2. The number of likely N-dealkylation sites (N-methyl/N-ethyl adjacent to an activating group) is 1. The molecule has 1 fully saturated rings. The lowest BCUT2D eigenvalue weighted by atomic mass is 10.1. The molecule has 0 saturated heterocycles. The smallest absolute Gasteiger partial charge is 0.309 e. The van der Waals surface area contributed by atoms with Gasteiger partial charge in [0.15, 0.2) is 0 Å². The summed E-state index contributed by atoms with van der Waals surface area (Å²) in [5.74, 6) is -1.49. The van der Waals surface area contributed by atoms with Gasteiger partial charge in [0, 0.05) is 12.6 Å². The van der Waals surface area contributed by atoms with Gasteiger partial charge < -0.3 is 15.5 Å². The van der Waals surface area contributed by atoms with Crippen LogP contribution < -0.4 is 10.6 Å². The molecule has 126 valence electrons. The maximum Gasteiger partial charge on any atom is 0.309 e. The first-order valence-corrected chi connectivity index (χ1v) is 7.98. The van der Waals surface area contributed by atoms with Gasteiger partial charge in [0.1, 0.15) is 5.82 Å². The van der Waals surface area contributed by atoms with Crippen molar-refractivity contribution in [3.05, 3.63) is 35.6 Å². The molecule has 5 nitrogen and oxygen atoms in total. The van der Waals surface area contributed by atoms with Crippen molar-refractivity contribution < 1.29 is 14.0 Å². The molecule has 0 aliphatic heterocycles. The van der Waals surface area contributed by atoms with Gasteiger partial charge in [-0.15, -0.1) is 0 Å². The predicted octanol–water partition coefficient (Wildman–Crippen LogP) is 1.60. The zero-order valence-electron chi connectivity index (χ0n) is 13.6. The van der Waals surface area contributed by atoms with E-state index in [-0.39, 0.29) is 24.4 Å². The van der Waals surface area contributed by atoms with E-state index in [9.17, 15) is 14.0 Å². The lowest BCUT2D eigenvalue weighted by Crippen LogP contribution is -2.45. The second-order valence-electron chi connectivity index (χ2n) is 6.20. The van der Waals surface area contributed by atoms with E-state index >= 15 is 0 Å². The molecule has 0 spiro atoms. The average Bonchev–Trinajstić information content (AvgIpc) is 3.01. The van der Waals surface area contributed by atoms with Crippen LogP contribution in [0.3, 0.4) is 0 Å². The minimum atomic E-state index is -0.620. The van der Waals surface area contributed by atoms with Crippen LogP contribution in [0, 0.1) is 5.82 Å². The highest BCUT2D eigenvalue weighted by atomic mass is 19.1. The number of nitrogens with zero attached hydrogens (tertiary/aromatic N) is 1. The summed E-state index contributed by atoms with van der Waals surface area (Å²) in [7, 11) is 3.75. The first kappa shape index (κ1) is 17.4. The third kappa shape index (κ3) is 5.03. The SMILES string of the molecule is CN(C)[C@@H](CNC(=O)C(=O)NC1CCCC1)c1ccc(F)cc1. The van der Waals surface area contributed by atoms with E-state index in [1.54, 1.807) is 12.1 Å². The van der Waals surface area contributed by atoms with Gasteiger partial charge in [-0.05, 0) is 44.6 Å². The monoisotopic (exact) mass is 321 g/mol. The van der Waals surface area contributed by atoms with E-state index in [1.807, 2.05) is 19.0 Å². The fourth-order valence-electron chi connectivity index (χ4n) is 2.87. The van der Waals surface area contributed by atoms with Crippen molar-refractivity contribution in [1.29, 1.82) is 0 Å². The predicted molar refractivity (Wildman–Crippen MR) is 86.2 cm³/mol. The van der Waals surface area contributed by atoms with E-state index in [0.717, 1.165) is 31.2 Å². The number of amides is 2. The molecule has 0 aromatic heterocycles. The molecular weight excluding hydrogens is 297 g/mol. The van der Waals surface area contributed by atoms with Crippen molar-refractivity contribution >= 4 is 11.8 Å². The Morgan fingerprint density at radius 3 is 2.35 bits per heavy atom. The molecule has 0 unspecified atom stereocenters. The summed E-state index contributed by atoms with van der Waals surface area (Å²) in [6, 6.07) is 6.14. The Bertz CT molecular complexity index is 539. The second kappa shape index (κ2) is 8.06. The summed E-state index contributed by atoms with van der Waals surface area (Å²) in [5.41, 5.74) is 0.882. The summed E-state index contributed by atoms with van der Waals surface area (Å²) in [6.07, 6.45) is 4.07. The van der Waals surface area contributed by atoms with E-state index in [1.165, 1.54) is 12.1 Å². The molecule has 1 aliphatic carbocycles. The molecule has 1 aromatic rings. The molecule has 1 aliphatic rings. The largest absolute Gasteiger partial charge is 0.346 e. The average molecular weight is 321 g/mol. The van der Waals surface area contributed by atoms with E-state index in [4.69, 9.17) is 0 Å². The third-order valence-electron chi connectivity index (χ3n) is 4.23. The van der Waals surface area contributed by atoms with Gasteiger partial charge in [0.25, 0.3) is 0 Å². The fourth-order valence-corrected chi connectivity index (χ4v) is 2.87. The summed E-state index contributed by atoms with van der Waals surface area (Å²) < 4.78 is 13.0. The first-order valence-electron chi connectivity index (χ1n) is 7.98. The van der Waals surface area contributed by atoms with Crippen LogP contribution in [0.1, 0.15) is 37.3 Å². The van der Waals surface area contributed by atoms with Gasteiger partial charge in [-0.25, -0.2) is 4.39 Å². The van der Waals surface area contributed by atoms with Crippen molar-refractivity contribution in [2.75, 3.05) is 20.6 Å². The fraction of sp³-hybridized carbons (Fsp3) is 0.529. The van der Waals surface area contributed by atoms with Crippen molar-refractivity contribution in [3.63, 3.8) is 0 Å². The van der Waals surface area contributed by atoms with Crippen LogP contribution in [0.2, 0.25) is 0 Å². The third-order valence-corrected chi connectivity index (χ3v) is 4.23. The van der Waals surface area contributed by atoms with Crippen molar-refractivity contribution in [3.8, 4) is 0 Å². The van der Waals surface area contributed by atoms with Crippen molar-refractivity contribution in [2.45, 2.75) is 37.8 Å². The summed E-state index contributed by atoms with van der Waals surface area (Å²) in [6.45, 7) is 0.287. The highest BCUT2D eigenvalue weighted by molar-refractivity contribution is 6.35. The van der Waals surface area contributed by atoms with Crippen LogP contribution in [0.15, 0.2) is 24.3 Å². The lowest BCUT2D eigenvalue weighted by Gasteiger charge is -2.25. The van der Waals surface area contributed by atoms with Gasteiger partial charge in [0.05, 0.1) is 6.04 Å². The van der Waals surface area contributed by atoms with E-state index in [0.29, 0.717) is 0 Å². The molecule has 1 atom stereocenters. The number of hydrogen-bond donors (Lipinski definition) is 2. The summed E-state index contributed by atoms with van der Waals surface area (Å²) in [4.78, 5) is 25.7. The first-order chi connectivity index (χ1) is 11.0. The number of benzene rings is 1. The number of nitrogens with one attached hydrogen (secondary N) is 2. The quantitative estimate of drug-likeness (QED) is 0.810. The Hall–Kier alpha value is -1.95. The zero-order chi connectivity index (χ0) is 16.8. The van der Waals surface area contributed by atoms with Crippen LogP contribution >= 0.6 is 0 Å². The molecule has 6 heteroatoms. The van der Waals surface area contributed by atoms with E-state index in [2.05, 4.69) is 10.6 Å². The standard InChI is InChI=1S/C17H24FN3O2/c1-21(2)15(12-7-9-13(18)10-8-12)11-19-16(22)17(23)20-14-5-3-4-6-14/h7-10,14-15H,3-6,11H2,1-2H3,(H,19,22)(H,20,23)/t15-/m0/s1. The molecule has 2 rings (SSSR count). The Morgan fingerprint density at radius 1 is 1.17 bits per heavy atom. The molecule has 0 bridgehead atoms. The van der Waals surface area contributed by atoms with Crippen LogP contribution in [0.5, 0.6) is 0 Å². The highest BCUT2D eigenvalue weighted by Crippen LogP contribution is 2.18. The summed E-state index contributed by atoms with van der Waals surface area (Å²) >= 11 is 0. The number of rotatable bonds is 5. The minimum Gasteiger partial charge on any atom is -0.346 e. The molecule has 0 radical (unpaired) electrons. The highest BCUT2D eigenvalue weighted by Gasteiger charge is 2.22. The molecule has 1 aromatic carbocycles. The van der Waals surface area contributed by atoms with Crippen LogP contribution in [-0.2, 0) is 9.59 Å². The van der Waals surface area contributed by atoms with Gasteiger partial charge in [-0.3, -0.25) is 9.59 Å². The Morgan fingerprint density at radius 2 is 1.78 bits per heavy atom. The number of hydrogen-bond acceptors (Lipinski definition) is 3. The molecule has 23 heavy (non-hydrogen) atoms. The second-order valence-corrected chi connectivity index (χ2v) is 6.20. The van der Waals surface area contributed by atoms with Crippen molar-refractivity contribution in [2.24, 2.45) is 0 Å². The van der Waals surface area contributed by atoms with Gasteiger partial charge in [-0.1, -0.05) is 25.0 Å². The van der Waals surface area contributed by atoms with E-state index < -0.39 is 11.8 Å². The van der Waals surface area contributed by atoms with Gasteiger partial charge in [-0.2, -0.15) is 0 Å². The Kier molecular flexibility index (Phi) is 6.10. The summed E-state index contributed by atoms with van der Waals surface area (Å²) in [5, 5.41) is 5.43. The number of carbonyl (C=O) groups is 2. The molecule has 1 saturated carbocycles. The van der Waals surface area contributed by atoms with Crippen LogP contribution in [0.25, 0.3) is 0 Å². The van der Waals surface area contributed by atoms with Gasteiger partial charge in [0.2, 0.25) is 0 Å². The number of carbonyl (C=O) groups excluding carboxylic acids is 2. The maximum absolute atomic E-state index is 13.0. The minimum absolute atomic E-state index is 0.120. The van der Waals surface area contributed by atoms with Crippen molar-refractivity contribution in [1.82, 2.24) is 15.5 Å². The van der Waals surface area contributed by atoms with Crippen LogP contribution in [-0.4, -0.2) is 43.4 Å². The molecule has 2 N–H and O–H groups in total. The van der Waals surface area contributed by atoms with Gasteiger partial charge >= 0.3 is 11.8 Å². The Balaban J connectivity index is 1.88. The lowest BCUT2D eigenvalue weighted by molar-refractivity contribution is -0.139.